The number of hydrogen-bond acceptors (Lipinski definition) is 6. The summed E-state index contributed by atoms with van der Waals surface area (Å²) in [5.41, 5.74) is 1.24. The lowest BCUT2D eigenvalue weighted by atomic mass is 10.1. The third-order valence-corrected chi connectivity index (χ3v) is 5.28. The first-order valence-corrected chi connectivity index (χ1v) is 9.80. The predicted octanol–water partition coefficient (Wildman–Crippen LogP) is 2.88. The van der Waals surface area contributed by atoms with Crippen molar-refractivity contribution in [2.75, 3.05) is 23.8 Å². The Morgan fingerprint density at radius 2 is 1.93 bits per heavy atom. The van der Waals surface area contributed by atoms with E-state index in [2.05, 4.69) is 20.9 Å². The highest BCUT2D eigenvalue weighted by atomic mass is 32.1. The minimum atomic E-state index is -0.383. The second-order valence-corrected chi connectivity index (χ2v) is 7.43. The third-order valence-electron chi connectivity index (χ3n) is 4.41. The van der Waals surface area contributed by atoms with Crippen molar-refractivity contribution in [2.24, 2.45) is 5.92 Å². The van der Waals surface area contributed by atoms with E-state index in [4.69, 9.17) is 4.74 Å². The van der Waals surface area contributed by atoms with E-state index in [0.717, 1.165) is 13.0 Å². The lowest BCUT2D eigenvalue weighted by Crippen LogP contribution is -2.16. The summed E-state index contributed by atoms with van der Waals surface area (Å²) >= 11 is 1.35. The van der Waals surface area contributed by atoms with Gasteiger partial charge in [0.2, 0.25) is 0 Å². The van der Waals surface area contributed by atoms with E-state index in [-0.39, 0.29) is 17.5 Å². The van der Waals surface area contributed by atoms with Crippen molar-refractivity contribution >= 4 is 34.5 Å². The van der Waals surface area contributed by atoms with Crippen LogP contribution in [0, 0.1) is 5.92 Å². The van der Waals surface area contributed by atoms with Gasteiger partial charge in [0.15, 0.2) is 5.69 Å². The quantitative estimate of drug-likeness (QED) is 0.666. The maximum atomic E-state index is 12.6. The molecule has 1 aliphatic rings. The zero-order valence-electron chi connectivity index (χ0n) is 15.0. The number of benzene rings is 1. The number of carbonyl (C=O) groups is 2. The summed E-state index contributed by atoms with van der Waals surface area (Å²) in [4.78, 5) is 25.5. The molecule has 1 saturated heterocycles. The molecule has 1 aromatic carbocycles. The van der Waals surface area contributed by atoms with Gasteiger partial charge in [-0.2, -0.15) is 0 Å². The van der Waals surface area contributed by atoms with Crippen LogP contribution in [0.15, 0.2) is 48.0 Å². The molecule has 2 amide bonds. The molecule has 3 aromatic rings. The summed E-state index contributed by atoms with van der Waals surface area (Å²) in [7, 11) is 0. The highest BCUT2D eigenvalue weighted by molar-refractivity contribution is 7.12. The first-order chi connectivity index (χ1) is 13.7. The summed E-state index contributed by atoms with van der Waals surface area (Å²) in [5, 5.41) is 15.4. The van der Waals surface area contributed by atoms with Gasteiger partial charge in [-0.05, 0) is 30.0 Å². The molecule has 28 heavy (non-hydrogen) atoms. The van der Waals surface area contributed by atoms with E-state index in [9.17, 15) is 9.59 Å². The number of rotatable bonds is 6. The van der Waals surface area contributed by atoms with Gasteiger partial charge in [-0.15, -0.1) is 16.4 Å². The number of thiophene rings is 1. The van der Waals surface area contributed by atoms with Gasteiger partial charge < -0.3 is 15.4 Å². The number of para-hydroxylation sites is 2. The van der Waals surface area contributed by atoms with Crippen LogP contribution in [0.1, 0.15) is 26.6 Å². The lowest BCUT2D eigenvalue weighted by Gasteiger charge is -2.11. The molecular weight excluding hydrogens is 378 g/mol. The van der Waals surface area contributed by atoms with Gasteiger partial charge in [-0.25, -0.2) is 0 Å². The van der Waals surface area contributed by atoms with Crippen molar-refractivity contribution in [3.63, 3.8) is 0 Å². The summed E-state index contributed by atoms with van der Waals surface area (Å²) in [6.07, 6.45) is 2.61. The molecule has 144 valence electrons. The van der Waals surface area contributed by atoms with Gasteiger partial charge in [0.1, 0.15) is 0 Å². The molecule has 0 bridgehead atoms. The van der Waals surface area contributed by atoms with Crippen molar-refractivity contribution in [1.82, 2.24) is 15.0 Å². The molecule has 0 spiro atoms. The first kappa shape index (κ1) is 18.3. The Morgan fingerprint density at radius 3 is 2.61 bits per heavy atom. The van der Waals surface area contributed by atoms with E-state index in [0.29, 0.717) is 35.3 Å². The van der Waals surface area contributed by atoms with Crippen LogP contribution in [0.2, 0.25) is 0 Å². The first-order valence-electron chi connectivity index (χ1n) is 8.92. The SMILES string of the molecule is O=C(Nc1ccccc1NC(=O)c1cccs1)c1cn(CC2CCOC2)nn1. The Labute approximate surface area is 165 Å². The average molecular weight is 397 g/mol. The number of ether oxygens (including phenoxy) is 1. The van der Waals surface area contributed by atoms with Crippen LogP contribution in [0.4, 0.5) is 11.4 Å². The minimum Gasteiger partial charge on any atom is -0.381 e. The zero-order valence-corrected chi connectivity index (χ0v) is 15.8. The molecular formula is C19H19N5O3S. The van der Waals surface area contributed by atoms with Crippen LogP contribution >= 0.6 is 11.3 Å². The molecule has 1 atom stereocenters. The molecule has 0 aliphatic carbocycles. The minimum absolute atomic E-state index is 0.221. The molecule has 0 saturated carbocycles. The van der Waals surface area contributed by atoms with Crippen molar-refractivity contribution in [2.45, 2.75) is 13.0 Å². The van der Waals surface area contributed by atoms with Crippen LogP contribution < -0.4 is 10.6 Å². The summed E-state index contributed by atoms with van der Waals surface area (Å²) < 4.78 is 7.03. The number of nitrogens with one attached hydrogen (secondary N) is 2. The number of anilines is 2. The molecule has 0 radical (unpaired) electrons. The fourth-order valence-electron chi connectivity index (χ4n) is 2.96. The highest BCUT2D eigenvalue weighted by Gasteiger charge is 2.19. The van der Waals surface area contributed by atoms with Gasteiger partial charge in [-0.3, -0.25) is 14.3 Å². The average Bonchev–Trinajstić information content (AvgIpc) is 3.46. The molecule has 9 heteroatoms. The van der Waals surface area contributed by atoms with E-state index < -0.39 is 0 Å². The normalized spacial score (nSPS) is 16.1. The van der Waals surface area contributed by atoms with Crippen molar-refractivity contribution in [3.8, 4) is 0 Å². The third kappa shape index (κ3) is 4.26. The number of amides is 2. The van der Waals surface area contributed by atoms with E-state index in [1.165, 1.54) is 11.3 Å². The van der Waals surface area contributed by atoms with Crippen LogP contribution in [0.3, 0.4) is 0 Å². The Hall–Kier alpha value is -3.04. The Kier molecular flexibility index (Phi) is 5.45. The van der Waals surface area contributed by atoms with Crippen molar-refractivity contribution in [3.05, 3.63) is 58.5 Å². The second kappa shape index (κ2) is 8.32. The van der Waals surface area contributed by atoms with Crippen molar-refractivity contribution < 1.29 is 14.3 Å². The van der Waals surface area contributed by atoms with Crippen LogP contribution in [-0.2, 0) is 11.3 Å². The van der Waals surface area contributed by atoms with Crippen LogP contribution in [0.25, 0.3) is 0 Å². The topological polar surface area (TPSA) is 98.1 Å². The number of hydrogen-bond donors (Lipinski definition) is 2. The molecule has 2 aromatic heterocycles. The summed E-state index contributed by atoms with van der Waals surface area (Å²) in [5.74, 6) is -0.209. The van der Waals surface area contributed by atoms with Gasteiger partial charge in [0.25, 0.3) is 11.8 Å². The van der Waals surface area contributed by atoms with Crippen molar-refractivity contribution in [1.29, 1.82) is 0 Å². The van der Waals surface area contributed by atoms with Gasteiger partial charge >= 0.3 is 0 Å². The maximum absolute atomic E-state index is 12.6. The van der Waals surface area contributed by atoms with E-state index in [1.807, 2.05) is 11.4 Å². The summed E-state index contributed by atoms with van der Waals surface area (Å²) in [6.45, 7) is 2.15. The van der Waals surface area contributed by atoms with Gasteiger partial charge in [-0.1, -0.05) is 23.4 Å². The smallest absolute Gasteiger partial charge is 0.277 e. The molecule has 2 N–H and O–H groups in total. The molecule has 3 heterocycles. The molecule has 1 aliphatic heterocycles. The standard InChI is InChI=1S/C19H19N5O3S/c25-18(16-11-24(23-22-16)10-13-7-8-27-12-13)20-14-4-1-2-5-15(14)21-19(26)17-6-3-9-28-17/h1-6,9,11,13H,7-8,10,12H2,(H,20,25)(H,21,26). The number of aromatic nitrogens is 3. The molecule has 1 fully saturated rings. The summed E-state index contributed by atoms with van der Waals surface area (Å²) in [6, 6.07) is 10.6. The maximum Gasteiger partial charge on any atom is 0.277 e. The molecule has 8 nitrogen and oxygen atoms in total. The monoisotopic (exact) mass is 397 g/mol. The molecule has 4 rings (SSSR count). The lowest BCUT2D eigenvalue weighted by molar-refractivity contribution is 0.101. The number of nitrogens with zero attached hydrogens (tertiary/aromatic N) is 3. The molecule has 1 unspecified atom stereocenters. The predicted molar refractivity (Wildman–Crippen MR) is 106 cm³/mol. The van der Waals surface area contributed by atoms with Crippen LogP contribution in [0.5, 0.6) is 0 Å². The van der Waals surface area contributed by atoms with Gasteiger partial charge in [0.05, 0.1) is 29.1 Å². The zero-order chi connectivity index (χ0) is 19.3. The second-order valence-electron chi connectivity index (χ2n) is 6.49. The largest absolute Gasteiger partial charge is 0.381 e. The highest BCUT2D eigenvalue weighted by Crippen LogP contribution is 2.23. The van der Waals surface area contributed by atoms with Gasteiger partial charge in [0, 0.05) is 19.1 Å². The Morgan fingerprint density at radius 1 is 1.14 bits per heavy atom. The fourth-order valence-corrected chi connectivity index (χ4v) is 3.58. The van der Waals surface area contributed by atoms with E-state index in [1.54, 1.807) is 41.2 Å². The number of carbonyl (C=O) groups excluding carboxylic acids is 2. The van der Waals surface area contributed by atoms with Crippen LogP contribution in [-0.4, -0.2) is 40.0 Å². The Bertz CT molecular complexity index is 964. The Balaban J connectivity index is 1.43. The fraction of sp³-hybridized carbons (Fsp3) is 0.263. The van der Waals surface area contributed by atoms with E-state index >= 15 is 0 Å².